The van der Waals surface area contributed by atoms with Crippen molar-refractivity contribution in [3.63, 3.8) is 0 Å². The van der Waals surface area contributed by atoms with Gasteiger partial charge in [-0.1, -0.05) is 46.7 Å². The van der Waals surface area contributed by atoms with E-state index in [-0.39, 0.29) is 35.9 Å². The minimum absolute atomic E-state index is 0.119. The Balaban J connectivity index is 1.12. The van der Waals surface area contributed by atoms with Crippen molar-refractivity contribution in [2.24, 2.45) is 58.4 Å². The molecule has 10 rings (SSSR count). The van der Waals surface area contributed by atoms with Gasteiger partial charge >= 0.3 is 0 Å². The van der Waals surface area contributed by atoms with Gasteiger partial charge in [0.1, 0.15) is 12.7 Å². The van der Waals surface area contributed by atoms with E-state index >= 15 is 0 Å². The van der Waals surface area contributed by atoms with Crippen LogP contribution in [0.4, 0.5) is 0 Å². The van der Waals surface area contributed by atoms with Gasteiger partial charge in [0, 0.05) is 31.1 Å². The molecule has 10 fully saturated rings. The second-order valence-electron chi connectivity index (χ2n) is 17.2. The number of ether oxygens (including phenoxy) is 4. The summed E-state index contributed by atoms with van der Waals surface area (Å²) < 4.78 is 27.5. The van der Waals surface area contributed by atoms with Gasteiger partial charge in [-0.25, -0.2) is 19.6 Å². The van der Waals surface area contributed by atoms with Crippen molar-refractivity contribution in [3.05, 3.63) is 0 Å². The van der Waals surface area contributed by atoms with Crippen LogP contribution in [0.15, 0.2) is 5.16 Å². The highest BCUT2D eigenvalue weighted by Crippen LogP contribution is 2.63. The lowest BCUT2D eigenvalue weighted by atomic mass is 9.56. The summed E-state index contributed by atoms with van der Waals surface area (Å²) in [6, 6.07) is 0. The summed E-state index contributed by atoms with van der Waals surface area (Å²) in [6.07, 6.45) is 7.13. The number of fused-ring (bicyclic) bond motifs is 4. The van der Waals surface area contributed by atoms with Crippen LogP contribution in [-0.4, -0.2) is 59.9 Å². The summed E-state index contributed by atoms with van der Waals surface area (Å²) in [7, 11) is 0. The molecule has 16 atom stereocenters. The Morgan fingerprint density at radius 3 is 1.80 bits per heavy atom. The molecule has 0 aromatic heterocycles. The molecule has 0 aromatic carbocycles. The highest BCUT2D eigenvalue weighted by Gasteiger charge is 2.71. The van der Waals surface area contributed by atoms with Crippen LogP contribution in [0, 0.1) is 53.3 Å². The maximum absolute atomic E-state index is 7.07. The van der Waals surface area contributed by atoms with Gasteiger partial charge in [0.15, 0.2) is 23.8 Å². The topological polar surface area (TPSA) is 95.4 Å². The lowest BCUT2D eigenvalue weighted by Crippen LogP contribution is -2.71. The van der Waals surface area contributed by atoms with E-state index in [2.05, 4.69) is 41.5 Å². The van der Waals surface area contributed by atoms with E-state index in [1.165, 1.54) is 6.42 Å². The van der Waals surface area contributed by atoms with Gasteiger partial charge in [-0.15, -0.1) is 0 Å². The van der Waals surface area contributed by atoms with Crippen molar-refractivity contribution < 1.29 is 43.3 Å². The normalized spacial score (nSPS) is 56.2. The van der Waals surface area contributed by atoms with E-state index in [9.17, 15) is 0 Å². The lowest BCUT2D eigenvalue weighted by Gasteiger charge is -2.61. The quantitative estimate of drug-likeness (QED) is 0.173. The Bertz CT molecular complexity index is 1200. The van der Waals surface area contributed by atoms with Crippen LogP contribution in [0.1, 0.15) is 113 Å². The van der Waals surface area contributed by atoms with Crippen LogP contribution in [0.2, 0.25) is 0 Å². The molecule has 0 aromatic rings. The molecule has 8 aliphatic heterocycles. The second-order valence-corrected chi connectivity index (χ2v) is 17.2. The molecule has 4 bridgehead atoms. The predicted octanol–water partition coefficient (Wildman–Crippen LogP) is 6.91. The summed E-state index contributed by atoms with van der Waals surface area (Å²) >= 11 is 0. The molecular formula is C36H57NO9. The van der Waals surface area contributed by atoms with E-state index in [0.717, 1.165) is 50.7 Å². The molecule has 260 valence electrons. The lowest BCUT2D eigenvalue weighted by molar-refractivity contribution is -0.571. The van der Waals surface area contributed by atoms with Crippen molar-refractivity contribution in [3.8, 4) is 0 Å². The standard InChI is InChI=1S/C36H57NO9/c1-19(2)18-38-37-28(30-23(6)27-12-10-21(4)25-14-16-34(8)42-32(40-30)36(25,27)46-44-34)17-29-22(5)26-11-9-20(3)24-13-15-33(7)41-31(39-29)35(24,26)45-43-33/h19-27,29-32H,9-18H2,1-8H3/b37-28-/t20-,21-,22-,23-,24+,25+,26+,27+,29-,30+,31-,32-,33+,34+,35-,36-/m1/s1. The number of hydrogen-bond donors (Lipinski definition) is 0. The Morgan fingerprint density at radius 1 is 0.696 bits per heavy atom. The van der Waals surface area contributed by atoms with Crippen LogP contribution in [0.3, 0.4) is 0 Å². The van der Waals surface area contributed by atoms with Crippen LogP contribution < -0.4 is 0 Å². The van der Waals surface area contributed by atoms with Crippen molar-refractivity contribution >= 4 is 5.71 Å². The molecule has 2 saturated carbocycles. The van der Waals surface area contributed by atoms with Crippen molar-refractivity contribution in [2.45, 2.75) is 161 Å². The van der Waals surface area contributed by atoms with Crippen LogP contribution >= 0.6 is 0 Å². The van der Waals surface area contributed by atoms with Crippen LogP contribution in [0.25, 0.3) is 0 Å². The Hall–Kier alpha value is -0.850. The average molecular weight is 648 g/mol. The maximum atomic E-state index is 7.07. The molecule has 8 saturated heterocycles. The fourth-order valence-corrected chi connectivity index (χ4v) is 11.2. The zero-order chi connectivity index (χ0) is 32.2. The minimum Gasteiger partial charge on any atom is -0.396 e. The summed E-state index contributed by atoms with van der Waals surface area (Å²) in [6.45, 7) is 18.1. The third-order valence-electron chi connectivity index (χ3n) is 13.8. The van der Waals surface area contributed by atoms with Crippen molar-refractivity contribution in [2.75, 3.05) is 6.61 Å². The summed E-state index contributed by atoms with van der Waals surface area (Å²) in [4.78, 5) is 31.1. The minimum atomic E-state index is -0.827. The molecule has 10 aliphatic rings. The number of hydrogen-bond acceptors (Lipinski definition) is 10. The molecule has 0 radical (unpaired) electrons. The van der Waals surface area contributed by atoms with Gasteiger partial charge < -0.3 is 23.8 Å². The first kappa shape index (κ1) is 32.4. The fourth-order valence-electron chi connectivity index (χ4n) is 11.2. The Morgan fingerprint density at radius 2 is 1.24 bits per heavy atom. The van der Waals surface area contributed by atoms with Gasteiger partial charge in [-0.3, -0.25) is 0 Å². The molecule has 2 aliphatic carbocycles. The molecule has 2 spiro atoms. The van der Waals surface area contributed by atoms with Gasteiger partial charge in [0.25, 0.3) is 0 Å². The second kappa shape index (κ2) is 11.3. The molecule has 0 unspecified atom stereocenters. The summed E-state index contributed by atoms with van der Waals surface area (Å²) in [5, 5.41) is 4.89. The zero-order valence-electron chi connectivity index (χ0n) is 29.2. The largest absolute Gasteiger partial charge is 0.396 e. The van der Waals surface area contributed by atoms with Crippen LogP contribution in [0.5, 0.6) is 0 Å². The van der Waals surface area contributed by atoms with E-state index in [1.807, 2.05) is 13.8 Å². The zero-order valence-corrected chi connectivity index (χ0v) is 29.2. The monoisotopic (exact) mass is 647 g/mol. The summed E-state index contributed by atoms with van der Waals surface area (Å²) in [5.74, 6) is 1.16. The highest BCUT2D eigenvalue weighted by atomic mass is 17.3. The van der Waals surface area contributed by atoms with Gasteiger partial charge in [0.2, 0.25) is 11.6 Å². The first-order valence-electron chi connectivity index (χ1n) is 18.5. The van der Waals surface area contributed by atoms with Crippen LogP contribution in [-0.2, 0) is 43.3 Å². The van der Waals surface area contributed by atoms with Gasteiger partial charge in [-0.2, -0.15) is 0 Å². The molecule has 10 nitrogen and oxygen atoms in total. The Kier molecular flexibility index (Phi) is 7.98. The molecule has 8 heterocycles. The smallest absolute Gasteiger partial charge is 0.201 e. The molecule has 0 amide bonds. The molecule has 46 heavy (non-hydrogen) atoms. The summed E-state index contributed by atoms with van der Waals surface area (Å²) in [5.41, 5.74) is -0.337. The van der Waals surface area contributed by atoms with Crippen molar-refractivity contribution in [1.82, 2.24) is 0 Å². The average Bonchev–Trinajstić information content (AvgIpc) is 3.38. The molecule has 10 heteroatoms. The fraction of sp³-hybridized carbons (Fsp3) is 0.972. The maximum Gasteiger partial charge on any atom is 0.201 e. The van der Waals surface area contributed by atoms with Gasteiger partial charge in [-0.05, 0) is 93.8 Å². The third-order valence-corrected chi connectivity index (χ3v) is 13.8. The first-order valence-corrected chi connectivity index (χ1v) is 18.5. The predicted molar refractivity (Wildman–Crippen MR) is 166 cm³/mol. The number of nitrogens with zero attached hydrogens (tertiary/aromatic N) is 1. The third kappa shape index (κ3) is 4.74. The Labute approximate surface area is 274 Å². The van der Waals surface area contributed by atoms with Gasteiger partial charge in [0.05, 0.1) is 11.8 Å². The van der Waals surface area contributed by atoms with E-state index in [4.69, 9.17) is 48.5 Å². The molecular weight excluding hydrogens is 590 g/mol. The van der Waals surface area contributed by atoms with Crippen molar-refractivity contribution in [1.29, 1.82) is 0 Å². The van der Waals surface area contributed by atoms with E-state index < -0.39 is 35.4 Å². The number of oxime groups is 1. The van der Waals surface area contributed by atoms with E-state index in [1.54, 1.807) is 0 Å². The molecule has 0 N–H and O–H groups in total. The SMILES string of the molecule is CC(C)CO/N=C(/C[C@H]1O[C@@H]2O[C@]3(C)CC[C@H]4[C@H](C)CC[C@@H]([C@H]1C)[C@@]24OO3)[C@H]1O[C@@H]2O[C@]3(C)CC[C@H]4[C@H](C)CC[C@@H]([C@H]1C)[C@@]24OO3. The first-order chi connectivity index (χ1) is 21.9. The highest BCUT2D eigenvalue weighted by molar-refractivity contribution is 5.89. The number of rotatable bonds is 6. The van der Waals surface area contributed by atoms with E-state index in [0.29, 0.717) is 42.6 Å².